The number of halogens is 1. The molecular weight excluding hydrogens is 348 g/mol. The maximum absolute atomic E-state index is 12.0. The molecular formula is C17H15ClN2O5. The van der Waals surface area contributed by atoms with Crippen molar-refractivity contribution in [2.45, 2.75) is 13.0 Å². The summed E-state index contributed by atoms with van der Waals surface area (Å²) in [6, 6.07) is 10.5. The second-order valence-electron chi connectivity index (χ2n) is 5.24. The highest BCUT2D eigenvalue weighted by Gasteiger charge is 2.18. The lowest BCUT2D eigenvalue weighted by molar-refractivity contribution is -0.385. The average Bonchev–Trinajstić information content (AvgIpc) is 2.59. The van der Waals surface area contributed by atoms with Crippen molar-refractivity contribution in [1.82, 2.24) is 5.32 Å². The van der Waals surface area contributed by atoms with Crippen LogP contribution in [0.25, 0.3) is 0 Å². The zero-order chi connectivity index (χ0) is 18.4. The molecule has 0 spiro atoms. The number of benzene rings is 2. The molecule has 1 atom stereocenters. The first-order chi connectivity index (χ1) is 11.9. The third-order valence-corrected chi connectivity index (χ3v) is 3.64. The maximum atomic E-state index is 12.0. The topological polar surface area (TPSA) is 98.5 Å². The van der Waals surface area contributed by atoms with E-state index < -0.39 is 17.4 Å². The van der Waals surface area contributed by atoms with Crippen LogP contribution in [0.1, 0.15) is 28.9 Å². The Morgan fingerprint density at radius 2 is 2.12 bits per heavy atom. The number of carbonyl (C=O) groups is 2. The standard InChI is InChI=1S/C17H15ClN2O5/c1-11(13-3-2-4-14(18)8-13)19-17(22)10-25-16-6-5-12(9-21)7-15(16)20(23)24/h2-9,11H,10H2,1H3,(H,19,22)/t11-/m0/s1. The molecule has 0 aromatic heterocycles. The molecule has 130 valence electrons. The number of rotatable bonds is 7. The van der Waals surface area contributed by atoms with Crippen LogP contribution in [-0.2, 0) is 4.79 Å². The van der Waals surface area contributed by atoms with Gasteiger partial charge in [-0.15, -0.1) is 0 Å². The molecule has 2 rings (SSSR count). The molecule has 0 saturated heterocycles. The Morgan fingerprint density at radius 1 is 1.36 bits per heavy atom. The number of hydrogen-bond acceptors (Lipinski definition) is 5. The number of nitrogens with one attached hydrogen (secondary N) is 1. The molecule has 0 bridgehead atoms. The Bertz CT molecular complexity index is 809. The number of nitrogens with zero attached hydrogens (tertiary/aromatic N) is 1. The first-order valence-electron chi connectivity index (χ1n) is 7.32. The van der Waals surface area contributed by atoms with E-state index in [2.05, 4.69) is 5.32 Å². The second kappa shape index (κ2) is 8.25. The minimum Gasteiger partial charge on any atom is -0.477 e. The zero-order valence-electron chi connectivity index (χ0n) is 13.3. The van der Waals surface area contributed by atoms with Crippen LogP contribution in [0.2, 0.25) is 5.02 Å². The number of ether oxygens (including phenoxy) is 1. The monoisotopic (exact) mass is 362 g/mol. The van der Waals surface area contributed by atoms with E-state index in [1.165, 1.54) is 12.1 Å². The smallest absolute Gasteiger partial charge is 0.311 e. The Hall–Kier alpha value is -2.93. The fraction of sp³-hybridized carbons (Fsp3) is 0.176. The van der Waals surface area contributed by atoms with Gasteiger partial charge in [0.2, 0.25) is 0 Å². The Kier molecular flexibility index (Phi) is 6.08. The molecule has 1 amide bonds. The molecule has 0 unspecified atom stereocenters. The van der Waals surface area contributed by atoms with Crippen LogP contribution >= 0.6 is 11.6 Å². The van der Waals surface area contributed by atoms with Crippen molar-refractivity contribution < 1.29 is 19.2 Å². The number of nitro groups is 1. The molecule has 1 N–H and O–H groups in total. The minimum atomic E-state index is -0.672. The van der Waals surface area contributed by atoms with Crippen LogP contribution in [0.15, 0.2) is 42.5 Å². The highest BCUT2D eigenvalue weighted by atomic mass is 35.5. The molecule has 0 aliphatic rings. The molecule has 0 aliphatic heterocycles. The number of amides is 1. The van der Waals surface area contributed by atoms with Crippen molar-refractivity contribution in [1.29, 1.82) is 0 Å². The molecule has 25 heavy (non-hydrogen) atoms. The van der Waals surface area contributed by atoms with Gasteiger partial charge < -0.3 is 10.1 Å². The van der Waals surface area contributed by atoms with E-state index in [4.69, 9.17) is 16.3 Å². The fourth-order valence-corrected chi connectivity index (χ4v) is 2.36. The summed E-state index contributed by atoms with van der Waals surface area (Å²) in [6.07, 6.45) is 0.496. The fourth-order valence-electron chi connectivity index (χ4n) is 2.16. The van der Waals surface area contributed by atoms with Crippen molar-refractivity contribution in [3.63, 3.8) is 0 Å². The highest BCUT2D eigenvalue weighted by Crippen LogP contribution is 2.27. The molecule has 2 aromatic carbocycles. The lowest BCUT2D eigenvalue weighted by atomic mass is 10.1. The van der Waals surface area contributed by atoms with Crippen LogP contribution in [-0.4, -0.2) is 23.7 Å². The summed E-state index contributed by atoms with van der Waals surface area (Å²) in [6.45, 7) is 1.39. The normalized spacial score (nSPS) is 11.4. The number of nitro benzene ring substituents is 1. The van der Waals surface area contributed by atoms with E-state index in [1.54, 1.807) is 25.1 Å². The van der Waals surface area contributed by atoms with Gasteiger partial charge in [-0.25, -0.2) is 0 Å². The molecule has 0 aliphatic carbocycles. The van der Waals surface area contributed by atoms with E-state index in [0.717, 1.165) is 11.6 Å². The summed E-state index contributed by atoms with van der Waals surface area (Å²) >= 11 is 5.91. The first kappa shape index (κ1) is 18.4. The predicted octanol–water partition coefficient (Wildman–Crippen LogP) is 3.32. The summed E-state index contributed by atoms with van der Waals surface area (Å²) in [5.74, 6) is -0.526. The van der Waals surface area contributed by atoms with Gasteiger partial charge in [-0.3, -0.25) is 19.7 Å². The number of aldehydes is 1. The SMILES string of the molecule is C[C@H](NC(=O)COc1ccc(C=O)cc1[N+](=O)[O-])c1cccc(Cl)c1. The largest absolute Gasteiger partial charge is 0.477 e. The van der Waals surface area contributed by atoms with Crippen LogP contribution < -0.4 is 10.1 Å². The molecule has 2 aromatic rings. The Morgan fingerprint density at radius 3 is 2.76 bits per heavy atom. The molecule has 0 radical (unpaired) electrons. The van der Waals surface area contributed by atoms with Gasteiger partial charge in [0.1, 0.15) is 6.29 Å². The summed E-state index contributed by atoms with van der Waals surface area (Å²) in [4.78, 5) is 33.0. The molecule has 0 fully saturated rings. The molecule has 8 heteroatoms. The maximum Gasteiger partial charge on any atom is 0.311 e. The minimum absolute atomic E-state index is 0.0823. The summed E-state index contributed by atoms with van der Waals surface area (Å²) < 4.78 is 5.22. The lowest BCUT2D eigenvalue weighted by Crippen LogP contribution is -2.31. The third kappa shape index (κ3) is 5.02. The first-order valence-corrected chi connectivity index (χ1v) is 7.69. The third-order valence-electron chi connectivity index (χ3n) is 3.40. The van der Waals surface area contributed by atoms with Gasteiger partial charge in [-0.2, -0.15) is 0 Å². The van der Waals surface area contributed by atoms with Gasteiger partial charge in [-0.1, -0.05) is 23.7 Å². The summed E-state index contributed by atoms with van der Waals surface area (Å²) in [7, 11) is 0. The Balaban J connectivity index is 2.00. The van der Waals surface area contributed by atoms with E-state index in [1.807, 2.05) is 6.07 Å². The average molecular weight is 363 g/mol. The quantitative estimate of drug-likeness (QED) is 0.463. The predicted molar refractivity (Wildman–Crippen MR) is 92.0 cm³/mol. The Labute approximate surface area is 148 Å². The van der Waals surface area contributed by atoms with Crippen molar-refractivity contribution >= 4 is 29.5 Å². The summed E-state index contributed by atoms with van der Waals surface area (Å²) in [5.41, 5.74) is 0.598. The molecule has 7 nitrogen and oxygen atoms in total. The lowest BCUT2D eigenvalue weighted by Gasteiger charge is -2.15. The van der Waals surface area contributed by atoms with E-state index in [9.17, 15) is 19.7 Å². The van der Waals surface area contributed by atoms with Crippen LogP contribution in [0.5, 0.6) is 5.75 Å². The van der Waals surface area contributed by atoms with Crippen LogP contribution in [0.3, 0.4) is 0 Å². The van der Waals surface area contributed by atoms with E-state index in [0.29, 0.717) is 11.3 Å². The van der Waals surface area contributed by atoms with Crippen molar-refractivity contribution in [3.8, 4) is 5.75 Å². The van der Waals surface area contributed by atoms with Crippen molar-refractivity contribution in [3.05, 3.63) is 68.7 Å². The molecule has 0 saturated carbocycles. The van der Waals surface area contributed by atoms with Gasteiger partial charge in [0.05, 0.1) is 11.0 Å². The zero-order valence-corrected chi connectivity index (χ0v) is 14.0. The highest BCUT2D eigenvalue weighted by molar-refractivity contribution is 6.30. The van der Waals surface area contributed by atoms with E-state index in [-0.39, 0.29) is 23.0 Å². The summed E-state index contributed by atoms with van der Waals surface area (Å²) in [5, 5.41) is 14.3. The second-order valence-corrected chi connectivity index (χ2v) is 5.67. The number of hydrogen-bond donors (Lipinski definition) is 1. The van der Waals surface area contributed by atoms with Gasteiger partial charge in [0.25, 0.3) is 5.91 Å². The van der Waals surface area contributed by atoms with Gasteiger partial charge in [0, 0.05) is 16.7 Å². The van der Waals surface area contributed by atoms with Gasteiger partial charge in [-0.05, 0) is 36.8 Å². The molecule has 0 heterocycles. The van der Waals surface area contributed by atoms with E-state index >= 15 is 0 Å². The van der Waals surface area contributed by atoms with Crippen LogP contribution in [0, 0.1) is 10.1 Å². The van der Waals surface area contributed by atoms with Gasteiger partial charge in [0.15, 0.2) is 12.4 Å². The van der Waals surface area contributed by atoms with Crippen molar-refractivity contribution in [2.75, 3.05) is 6.61 Å². The van der Waals surface area contributed by atoms with Gasteiger partial charge >= 0.3 is 5.69 Å². The van der Waals surface area contributed by atoms with Crippen LogP contribution in [0.4, 0.5) is 5.69 Å². The van der Waals surface area contributed by atoms with Crippen molar-refractivity contribution in [2.24, 2.45) is 0 Å². The number of carbonyl (C=O) groups excluding carboxylic acids is 2.